The summed E-state index contributed by atoms with van der Waals surface area (Å²) in [7, 11) is -3.95. The number of alkyl halides is 3. The molecule has 2 fully saturated rings. The molecule has 1 heterocycles. The van der Waals surface area contributed by atoms with Crippen molar-refractivity contribution in [2.45, 2.75) is 48.8 Å². The van der Waals surface area contributed by atoms with E-state index in [2.05, 4.69) is 4.72 Å². The summed E-state index contributed by atoms with van der Waals surface area (Å²) in [5.41, 5.74) is 0.121. The molecule has 0 spiro atoms. The van der Waals surface area contributed by atoms with Gasteiger partial charge in [-0.3, -0.25) is 4.79 Å². The highest BCUT2D eigenvalue weighted by Gasteiger charge is 2.36. The van der Waals surface area contributed by atoms with Crippen LogP contribution in [-0.2, 0) is 25.7 Å². The third-order valence-corrected chi connectivity index (χ3v) is 8.02. The molecule has 0 aromatic heterocycles. The highest BCUT2D eigenvalue weighted by atomic mass is 32.2. The predicted octanol–water partition coefficient (Wildman–Crippen LogP) is 4.14. The fraction of sp³-hybridized carbons (Fsp3) is 0.458. The largest absolute Gasteiger partial charge is 0.416 e. The summed E-state index contributed by atoms with van der Waals surface area (Å²) in [4.78, 5) is 15.0. The van der Waals surface area contributed by atoms with E-state index in [1.807, 2.05) is 35.2 Å². The number of nitrogens with zero attached hydrogens (tertiary/aromatic N) is 1. The van der Waals surface area contributed by atoms with Crippen LogP contribution in [0.4, 0.5) is 13.2 Å². The number of carbonyl (C=O) groups is 1. The van der Waals surface area contributed by atoms with Gasteiger partial charge in [0.15, 0.2) is 0 Å². The summed E-state index contributed by atoms with van der Waals surface area (Å²) in [6.45, 7) is 1.44. The van der Waals surface area contributed by atoms with Gasteiger partial charge in [-0.1, -0.05) is 30.3 Å². The number of nitrogens with one attached hydrogen (secondary N) is 1. The molecule has 1 saturated carbocycles. The minimum absolute atomic E-state index is 0.0567. The third kappa shape index (κ3) is 5.61. The van der Waals surface area contributed by atoms with Crippen LogP contribution in [0.5, 0.6) is 0 Å². The van der Waals surface area contributed by atoms with E-state index in [0.717, 1.165) is 29.8 Å². The Bertz CT molecular complexity index is 1080. The SMILES string of the molecule is O=C(C1CCC(NS(=O)(=O)c2ccc(C(F)(F)F)cc2)CC1)N1CCOCC1c1ccccc1. The zero-order chi connectivity index (χ0) is 24.3. The molecule has 1 aliphatic heterocycles. The van der Waals surface area contributed by atoms with Gasteiger partial charge >= 0.3 is 6.18 Å². The van der Waals surface area contributed by atoms with Gasteiger partial charge in [-0.2, -0.15) is 13.2 Å². The normalized spacial score (nSPS) is 24.1. The second-order valence-corrected chi connectivity index (χ2v) is 10.4. The van der Waals surface area contributed by atoms with E-state index in [-0.39, 0.29) is 28.8 Å². The Hall–Kier alpha value is -2.43. The first-order valence-corrected chi connectivity index (χ1v) is 12.8. The lowest BCUT2D eigenvalue weighted by Crippen LogP contribution is -2.47. The van der Waals surface area contributed by atoms with Gasteiger partial charge in [0.05, 0.1) is 29.7 Å². The van der Waals surface area contributed by atoms with Crippen LogP contribution < -0.4 is 4.72 Å². The van der Waals surface area contributed by atoms with Gasteiger partial charge in [0.2, 0.25) is 15.9 Å². The average molecular weight is 497 g/mol. The third-order valence-electron chi connectivity index (χ3n) is 6.49. The molecule has 0 radical (unpaired) electrons. The number of amides is 1. The quantitative estimate of drug-likeness (QED) is 0.675. The van der Waals surface area contributed by atoms with Crippen molar-refractivity contribution in [3.63, 3.8) is 0 Å². The number of hydrogen-bond donors (Lipinski definition) is 1. The number of ether oxygens (including phenoxy) is 1. The highest BCUT2D eigenvalue weighted by Crippen LogP contribution is 2.33. The zero-order valence-corrected chi connectivity index (χ0v) is 19.3. The maximum absolute atomic E-state index is 13.3. The Labute approximate surface area is 197 Å². The summed E-state index contributed by atoms with van der Waals surface area (Å²) in [6, 6.07) is 12.7. The second-order valence-electron chi connectivity index (χ2n) is 8.73. The van der Waals surface area contributed by atoms with Crippen LogP contribution in [-0.4, -0.2) is 45.0 Å². The second kappa shape index (κ2) is 10.1. The van der Waals surface area contributed by atoms with Crippen LogP contribution in [0.15, 0.2) is 59.5 Å². The van der Waals surface area contributed by atoms with Gasteiger partial charge in [0.25, 0.3) is 0 Å². The highest BCUT2D eigenvalue weighted by molar-refractivity contribution is 7.89. The molecule has 10 heteroatoms. The fourth-order valence-electron chi connectivity index (χ4n) is 4.62. The number of sulfonamides is 1. The van der Waals surface area contributed by atoms with Crippen LogP contribution >= 0.6 is 0 Å². The lowest BCUT2D eigenvalue weighted by molar-refractivity contribution is -0.145. The van der Waals surface area contributed by atoms with Crippen LogP contribution in [0, 0.1) is 5.92 Å². The van der Waals surface area contributed by atoms with Gasteiger partial charge in [0, 0.05) is 18.5 Å². The van der Waals surface area contributed by atoms with Crippen molar-refractivity contribution in [2.24, 2.45) is 5.92 Å². The van der Waals surface area contributed by atoms with Crippen LogP contribution in [0.2, 0.25) is 0 Å². The first-order chi connectivity index (χ1) is 16.1. The topological polar surface area (TPSA) is 75.7 Å². The number of rotatable bonds is 5. The monoisotopic (exact) mass is 496 g/mol. The van der Waals surface area contributed by atoms with E-state index in [1.54, 1.807) is 0 Å². The first kappa shape index (κ1) is 24.7. The van der Waals surface area contributed by atoms with E-state index >= 15 is 0 Å². The van der Waals surface area contributed by atoms with Crippen molar-refractivity contribution in [3.05, 3.63) is 65.7 Å². The van der Waals surface area contributed by atoms with E-state index in [0.29, 0.717) is 45.4 Å². The molecule has 1 unspecified atom stereocenters. The summed E-state index contributed by atoms with van der Waals surface area (Å²) in [6.07, 6.45) is -2.48. The molecular weight excluding hydrogens is 469 g/mol. The van der Waals surface area contributed by atoms with E-state index in [9.17, 15) is 26.4 Å². The number of halogens is 3. The van der Waals surface area contributed by atoms with Crippen molar-refractivity contribution in [1.29, 1.82) is 0 Å². The number of carbonyl (C=O) groups excluding carboxylic acids is 1. The van der Waals surface area contributed by atoms with Crippen molar-refractivity contribution in [1.82, 2.24) is 9.62 Å². The number of morpholine rings is 1. The first-order valence-electron chi connectivity index (χ1n) is 11.3. The summed E-state index contributed by atoms with van der Waals surface area (Å²) < 4.78 is 71.7. The molecule has 34 heavy (non-hydrogen) atoms. The van der Waals surface area contributed by atoms with Gasteiger partial charge in [0.1, 0.15) is 0 Å². The number of benzene rings is 2. The van der Waals surface area contributed by atoms with Crippen LogP contribution in [0.25, 0.3) is 0 Å². The standard InChI is InChI=1S/C24H27F3N2O4S/c25-24(26,27)19-8-12-21(13-9-19)34(31,32)28-20-10-6-18(7-11-20)23(30)29-14-15-33-16-22(29)17-4-2-1-3-5-17/h1-5,8-9,12-13,18,20,22,28H,6-7,10-11,14-16H2. The Morgan fingerprint density at radius 1 is 0.971 bits per heavy atom. The Morgan fingerprint density at radius 2 is 1.62 bits per heavy atom. The molecule has 1 N–H and O–H groups in total. The molecule has 2 aromatic rings. The average Bonchev–Trinajstić information content (AvgIpc) is 2.84. The molecule has 1 aliphatic carbocycles. The molecule has 2 aliphatic rings. The van der Waals surface area contributed by atoms with E-state index in [1.165, 1.54) is 0 Å². The van der Waals surface area contributed by atoms with Crippen molar-refractivity contribution < 1.29 is 31.1 Å². The predicted molar refractivity (Wildman–Crippen MR) is 119 cm³/mol. The minimum atomic E-state index is -4.53. The molecule has 6 nitrogen and oxygen atoms in total. The summed E-state index contributed by atoms with van der Waals surface area (Å²) in [5.74, 6) is -0.141. The van der Waals surface area contributed by atoms with Crippen molar-refractivity contribution >= 4 is 15.9 Å². The van der Waals surface area contributed by atoms with Gasteiger partial charge < -0.3 is 9.64 Å². The van der Waals surface area contributed by atoms with Gasteiger partial charge in [-0.15, -0.1) is 0 Å². The molecule has 2 aromatic carbocycles. The van der Waals surface area contributed by atoms with Gasteiger partial charge in [-0.05, 0) is 55.5 Å². The molecule has 4 rings (SSSR count). The molecule has 1 atom stereocenters. The minimum Gasteiger partial charge on any atom is -0.377 e. The maximum Gasteiger partial charge on any atom is 0.416 e. The zero-order valence-electron chi connectivity index (χ0n) is 18.5. The molecular formula is C24H27F3N2O4S. The maximum atomic E-state index is 13.3. The molecule has 1 amide bonds. The van der Waals surface area contributed by atoms with Crippen molar-refractivity contribution in [2.75, 3.05) is 19.8 Å². The lowest BCUT2D eigenvalue weighted by Gasteiger charge is -2.39. The van der Waals surface area contributed by atoms with E-state index < -0.39 is 21.8 Å². The summed E-state index contributed by atoms with van der Waals surface area (Å²) >= 11 is 0. The molecule has 184 valence electrons. The summed E-state index contributed by atoms with van der Waals surface area (Å²) in [5, 5.41) is 0. The number of hydrogen-bond acceptors (Lipinski definition) is 4. The van der Waals surface area contributed by atoms with Crippen LogP contribution in [0.1, 0.15) is 42.9 Å². The Balaban J connectivity index is 1.36. The van der Waals surface area contributed by atoms with Crippen LogP contribution in [0.3, 0.4) is 0 Å². The molecule has 0 bridgehead atoms. The smallest absolute Gasteiger partial charge is 0.377 e. The molecule has 1 saturated heterocycles. The van der Waals surface area contributed by atoms with Crippen molar-refractivity contribution in [3.8, 4) is 0 Å². The van der Waals surface area contributed by atoms with Gasteiger partial charge in [-0.25, -0.2) is 13.1 Å². The van der Waals surface area contributed by atoms with E-state index in [4.69, 9.17) is 4.74 Å². The Kier molecular flexibility index (Phi) is 7.30. The Morgan fingerprint density at radius 3 is 2.24 bits per heavy atom. The fourth-order valence-corrected chi connectivity index (χ4v) is 5.93. The lowest BCUT2D eigenvalue weighted by atomic mass is 9.85.